The zero-order chi connectivity index (χ0) is 39.7. The van der Waals surface area contributed by atoms with Crippen molar-refractivity contribution in [3.05, 3.63) is 194 Å². The number of nitrogens with zero attached hydrogens (tertiary/aromatic N) is 2. The molecular weight excluding hydrogens is 653 g/mol. The van der Waals surface area contributed by atoms with E-state index in [1.54, 1.807) is 0 Å². The van der Waals surface area contributed by atoms with Crippen molar-refractivity contribution < 1.29 is 6.85 Å². The van der Waals surface area contributed by atoms with Crippen LogP contribution < -0.4 is 0 Å². The summed E-state index contributed by atoms with van der Waals surface area (Å²) in [5, 5.41) is 6.77. The van der Waals surface area contributed by atoms with E-state index in [0.717, 1.165) is 60.4 Å². The Bertz CT molecular complexity index is 3570. The minimum atomic E-state index is -0.403. The van der Waals surface area contributed by atoms with Crippen molar-refractivity contribution in [1.82, 2.24) is 9.13 Å². The highest BCUT2D eigenvalue weighted by atomic mass is 15.0. The molecule has 0 saturated carbocycles. The van der Waals surface area contributed by atoms with Crippen molar-refractivity contribution in [3.8, 4) is 55.9 Å². The predicted molar refractivity (Wildman–Crippen MR) is 228 cm³/mol. The second-order valence-electron chi connectivity index (χ2n) is 14.1. The predicted octanol–water partition coefficient (Wildman–Crippen LogP) is 14.0. The van der Waals surface area contributed by atoms with Gasteiger partial charge in [-0.1, -0.05) is 133 Å². The largest absolute Gasteiger partial charge is 0.309 e. The van der Waals surface area contributed by atoms with Gasteiger partial charge < -0.3 is 9.13 Å². The van der Waals surface area contributed by atoms with Gasteiger partial charge in [-0.2, -0.15) is 0 Å². The van der Waals surface area contributed by atoms with Gasteiger partial charge in [0, 0.05) is 32.9 Å². The van der Waals surface area contributed by atoms with Crippen molar-refractivity contribution >= 4 is 54.4 Å². The van der Waals surface area contributed by atoms with Gasteiger partial charge >= 0.3 is 0 Å². The maximum absolute atomic E-state index is 8.78. The van der Waals surface area contributed by atoms with E-state index < -0.39 is 6.04 Å². The molecule has 2 nitrogen and oxygen atoms in total. The van der Waals surface area contributed by atoms with Crippen molar-refractivity contribution in [3.63, 3.8) is 0 Å². The van der Waals surface area contributed by atoms with E-state index in [9.17, 15) is 0 Å². The second kappa shape index (κ2) is 11.2. The molecular formula is C52H32N2. The highest BCUT2D eigenvalue weighted by Gasteiger charge is 2.23. The quantitative estimate of drug-likeness (QED) is 0.174. The lowest BCUT2D eigenvalue weighted by molar-refractivity contribution is 1.18. The number of hydrogen-bond donors (Lipinski definition) is 0. The number of para-hydroxylation sites is 3. The monoisotopic (exact) mass is 689 g/mol. The molecule has 250 valence electrons. The van der Waals surface area contributed by atoms with E-state index in [-0.39, 0.29) is 29.9 Å². The molecule has 1 aliphatic carbocycles. The Morgan fingerprint density at radius 2 is 0.833 bits per heavy atom. The third-order valence-corrected chi connectivity index (χ3v) is 11.4. The second-order valence-corrected chi connectivity index (χ2v) is 14.1. The Hall–Kier alpha value is -7.16. The van der Waals surface area contributed by atoms with Crippen molar-refractivity contribution in [2.45, 2.75) is 0 Å². The van der Waals surface area contributed by atoms with Gasteiger partial charge in [0.2, 0.25) is 0 Å². The third-order valence-electron chi connectivity index (χ3n) is 11.4. The molecule has 12 rings (SSSR count). The molecule has 0 spiro atoms. The fourth-order valence-corrected chi connectivity index (χ4v) is 9.05. The molecule has 2 aromatic heterocycles. The normalized spacial score (nSPS) is 13.4. The van der Waals surface area contributed by atoms with Gasteiger partial charge in [0.25, 0.3) is 0 Å². The van der Waals surface area contributed by atoms with Crippen LogP contribution in [0.2, 0.25) is 0 Å². The fraction of sp³-hybridized carbons (Fsp3) is 0. The Morgan fingerprint density at radius 1 is 0.315 bits per heavy atom. The van der Waals surface area contributed by atoms with Crippen LogP contribution in [0, 0.1) is 0 Å². The molecule has 0 N–H and O–H groups in total. The molecule has 0 amide bonds. The molecule has 1 aliphatic rings. The minimum Gasteiger partial charge on any atom is -0.309 e. The van der Waals surface area contributed by atoms with Crippen LogP contribution in [-0.2, 0) is 0 Å². The highest BCUT2D eigenvalue weighted by molar-refractivity contribution is 6.19. The summed E-state index contributed by atoms with van der Waals surface area (Å²) < 4.78 is 46.6. The lowest BCUT2D eigenvalue weighted by Gasteiger charge is -2.13. The Balaban J connectivity index is 1.00. The summed E-state index contributed by atoms with van der Waals surface area (Å²) in [6, 6.07) is 56.6. The molecule has 2 heteroatoms. The first-order valence-corrected chi connectivity index (χ1v) is 18.3. The van der Waals surface area contributed by atoms with Crippen LogP contribution in [-0.4, -0.2) is 9.13 Å². The van der Waals surface area contributed by atoms with Gasteiger partial charge in [-0.3, -0.25) is 0 Å². The van der Waals surface area contributed by atoms with Gasteiger partial charge in [0.15, 0.2) is 0 Å². The maximum atomic E-state index is 8.78. The van der Waals surface area contributed by atoms with Crippen LogP contribution in [0.5, 0.6) is 0 Å². The first-order valence-electron chi connectivity index (χ1n) is 20.8. The van der Waals surface area contributed by atoms with Crippen LogP contribution in [0.1, 0.15) is 6.85 Å². The molecule has 9 aromatic carbocycles. The maximum Gasteiger partial charge on any atom is 0.0645 e. The summed E-state index contributed by atoms with van der Waals surface area (Å²) in [6.45, 7) is 0. The van der Waals surface area contributed by atoms with Gasteiger partial charge in [-0.05, 0) is 116 Å². The van der Waals surface area contributed by atoms with Gasteiger partial charge in [0.1, 0.15) is 0 Å². The summed E-state index contributed by atoms with van der Waals surface area (Å²) in [5.74, 6) is 0. The zero-order valence-corrected chi connectivity index (χ0v) is 29.0. The van der Waals surface area contributed by atoms with E-state index in [1.807, 2.05) is 34.9 Å². The lowest BCUT2D eigenvalue weighted by atomic mass is 9.94. The molecule has 0 atom stereocenters. The topological polar surface area (TPSA) is 9.86 Å². The number of rotatable bonds is 4. The summed E-state index contributed by atoms with van der Waals surface area (Å²) in [4.78, 5) is 0. The molecule has 2 heterocycles. The third kappa shape index (κ3) is 4.11. The average molecular weight is 690 g/mol. The minimum absolute atomic E-state index is 0.146. The standard InChI is InChI=1S/C52H32N2/c1-2-13-36(14-3-1)53-48-22-8-6-18-41(48)46-31-33(24-28-50(46)53)34-25-29-51-47(32-34)42-19-7-9-23-49(42)54(51)37-15-10-12-35(30-37)38-26-27-45-40-17-5-4-16-39(40)44-21-11-20-43(38)52(44)45/h1-32H/i1D,2D,3D,13D,14D. The van der Waals surface area contributed by atoms with E-state index in [1.165, 1.54) is 44.2 Å². The molecule has 0 unspecified atom stereocenters. The van der Waals surface area contributed by atoms with Crippen molar-refractivity contribution in [2.24, 2.45) is 0 Å². The Morgan fingerprint density at radius 3 is 1.52 bits per heavy atom. The van der Waals surface area contributed by atoms with E-state index in [2.05, 4.69) is 138 Å². The highest BCUT2D eigenvalue weighted by Crippen LogP contribution is 2.49. The molecule has 0 fully saturated rings. The molecule has 0 radical (unpaired) electrons. The number of fused-ring (bicyclic) bond motifs is 9. The zero-order valence-electron chi connectivity index (χ0n) is 34.0. The summed E-state index contributed by atoms with van der Waals surface area (Å²) in [6.07, 6.45) is 0. The lowest BCUT2D eigenvalue weighted by Crippen LogP contribution is -1.94. The Labute approximate surface area is 319 Å². The van der Waals surface area contributed by atoms with E-state index in [0.29, 0.717) is 0 Å². The van der Waals surface area contributed by atoms with Crippen LogP contribution >= 0.6 is 0 Å². The van der Waals surface area contributed by atoms with Crippen LogP contribution in [0.15, 0.2) is 194 Å². The summed E-state index contributed by atoms with van der Waals surface area (Å²) in [5.41, 5.74) is 14.7. The number of aromatic nitrogens is 2. The number of hydrogen-bond acceptors (Lipinski definition) is 0. The van der Waals surface area contributed by atoms with Crippen molar-refractivity contribution in [1.29, 1.82) is 0 Å². The summed E-state index contributed by atoms with van der Waals surface area (Å²) in [7, 11) is 0. The van der Waals surface area contributed by atoms with Crippen LogP contribution in [0.3, 0.4) is 0 Å². The molecule has 54 heavy (non-hydrogen) atoms. The van der Waals surface area contributed by atoms with E-state index >= 15 is 0 Å². The number of benzene rings is 9. The molecule has 0 bridgehead atoms. The van der Waals surface area contributed by atoms with Gasteiger partial charge in [-0.15, -0.1) is 0 Å². The smallest absolute Gasteiger partial charge is 0.0645 e. The Kier molecular flexibility index (Phi) is 5.16. The van der Waals surface area contributed by atoms with E-state index in [4.69, 9.17) is 6.85 Å². The fourth-order valence-electron chi connectivity index (χ4n) is 9.05. The van der Waals surface area contributed by atoms with Crippen molar-refractivity contribution in [2.75, 3.05) is 0 Å². The molecule has 11 aromatic rings. The molecule has 0 aliphatic heterocycles. The van der Waals surface area contributed by atoms with Gasteiger partial charge in [-0.25, -0.2) is 0 Å². The first kappa shape index (κ1) is 24.9. The molecule has 0 saturated heterocycles. The SMILES string of the molecule is [2H]c1c([2H])c([2H])c(-n2c3ccccc3c3cc(-c4ccc5c(c4)c4ccccc4n5-c4cccc(-c5ccc6c7c(cccc57)-c5ccccc5-6)c4)ccc32)c([2H])c1[2H]. The van der Waals surface area contributed by atoms with Crippen LogP contribution in [0.25, 0.3) is 110 Å². The average Bonchev–Trinajstić information content (AvgIpc) is 3.91. The van der Waals surface area contributed by atoms with Gasteiger partial charge in [0.05, 0.1) is 28.9 Å². The summed E-state index contributed by atoms with van der Waals surface area (Å²) >= 11 is 0. The van der Waals surface area contributed by atoms with Crippen LogP contribution in [0.4, 0.5) is 0 Å². The first-order chi connectivity index (χ1) is 28.9.